The lowest BCUT2D eigenvalue weighted by Crippen LogP contribution is -2.30. The monoisotopic (exact) mass is 386 g/mol. The second kappa shape index (κ2) is 8.95. The maximum atomic E-state index is 12.5. The Labute approximate surface area is 164 Å². The number of amides is 2. The quantitative estimate of drug-likeness (QED) is 0.706. The van der Waals surface area contributed by atoms with E-state index >= 15 is 0 Å². The van der Waals surface area contributed by atoms with Crippen molar-refractivity contribution in [2.75, 3.05) is 11.1 Å². The number of hydrogen-bond acceptors (Lipinski definition) is 4. The van der Waals surface area contributed by atoms with E-state index in [-0.39, 0.29) is 17.1 Å². The molecule has 0 spiro atoms. The average Bonchev–Trinajstić information content (AvgIpc) is 2.60. The molecular weight excluding hydrogens is 360 g/mol. The predicted octanol–water partition coefficient (Wildman–Crippen LogP) is 3.97. The van der Waals surface area contributed by atoms with E-state index in [9.17, 15) is 9.59 Å². The molecule has 1 unspecified atom stereocenters. The van der Waals surface area contributed by atoms with Gasteiger partial charge in [-0.1, -0.05) is 45.0 Å². The number of anilines is 1. The fourth-order valence-electron chi connectivity index (χ4n) is 2.37. The molecule has 0 saturated carbocycles. The molecule has 144 valence electrons. The van der Waals surface area contributed by atoms with Crippen LogP contribution in [0.5, 0.6) is 5.75 Å². The molecule has 0 fully saturated rings. The molecule has 2 rings (SSSR count). The van der Waals surface area contributed by atoms with Crippen LogP contribution in [0.1, 0.15) is 33.3 Å². The van der Waals surface area contributed by atoms with Gasteiger partial charge in [-0.3, -0.25) is 9.59 Å². The number of primary amides is 1. The topological polar surface area (TPSA) is 81.4 Å². The van der Waals surface area contributed by atoms with Crippen molar-refractivity contribution in [2.45, 2.75) is 44.1 Å². The Kier molecular flexibility index (Phi) is 6.91. The Hall–Kier alpha value is -2.47. The van der Waals surface area contributed by atoms with Gasteiger partial charge in [0.25, 0.3) is 5.91 Å². The van der Waals surface area contributed by atoms with Crippen LogP contribution in [0.15, 0.2) is 53.4 Å². The first-order valence-electron chi connectivity index (χ1n) is 8.75. The van der Waals surface area contributed by atoms with Crippen LogP contribution in [0, 0.1) is 0 Å². The van der Waals surface area contributed by atoms with Gasteiger partial charge in [0.15, 0.2) is 6.10 Å². The van der Waals surface area contributed by atoms with Gasteiger partial charge < -0.3 is 15.8 Å². The summed E-state index contributed by atoms with van der Waals surface area (Å²) in [5, 5.41) is 2.85. The van der Waals surface area contributed by atoms with Crippen LogP contribution in [0.4, 0.5) is 5.69 Å². The van der Waals surface area contributed by atoms with Crippen molar-refractivity contribution >= 4 is 29.3 Å². The third-order valence-electron chi connectivity index (χ3n) is 3.92. The zero-order valence-electron chi connectivity index (χ0n) is 16.1. The van der Waals surface area contributed by atoms with Crippen molar-refractivity contribution in [3.8, 4) is 5.75 Å². The number of thioether (sulfide) groups is 1. The normalized spacial score (nSPS) is 12.3. The van der Waals surface area contributed by atoms with Crippen molar-refractivity contribution < 1.29 is 14.3 Å². The van der Waals surface area contributed by atoms with Gasteiger partial charge >= 0.3 is 0 Å². The highest BCUT2D eigenvalue weighted by Crippen LogP contribution is 2.27. The summed E-state index contributed by atoms with van der Waals surface area (Å²) >= 11 is 1.29. The predicted molar refractivity (Wildman–Crippen MR) is 110 cm³/mol. The molecular formula is C21H26N2O3S. The number of rotatable bonds is 7. The molecule has 27 heavy (non-hydrogen) atoms. The molecule has 0 saturated heterocycles. The van der Waals surface area contributed by atoms with Gasteiger partial charge in [-0.05, 0) is 42.2 Å². The van der Waals surface area contributed by atoms with Gasteiger partial charge in [0, 0.05) is 4.90 Å². The minimum Gasteiger partial charge on any atom is -0.481 e. The second-order valence-electron chi connectivity index (χ2n) is 7.27. The number of carbonyl (C=O) groups excluding carboxylic acids is 2. The molecule has 1 atom stereocenters. The van der Waals surface area contributed by atoms with E-state index in [1.165, 1.54) is 17.3 Å². The summed E-state index contributed by atoms with van der Waals surface area (Å²) in [6.07, 6.45) is -0.667. The fourth-order valence-corrected chi connectivity index (χ4v) is 3.12. The first kappa shape index (κ1) is 20.8. The van der Waals surface area contributed by atoms with Crippen molar-refractivity contribution in [3.05, 3.63) is 54.1 Å². The second-order valence-corrected chi connectivity index (χ2v) is 8.29. The molecule has 0 aliphatic rings. The van der Waals surface area contributed by atoms with E-state index in [4.69, 9.17) is 10.5 Å². The Bertz CT molecular complexity index is 798. The number of ether oxygens (including phenoxy) is 1. The molecule has 0 aliphatic carbocycles. The highest BCUT2D eigenvalue weighted by Gasteiger charge is 2.18. The van der Waals surface area contributed by atoms with Gasteiger partial charge in [0.2, 0.25) is 5.91 Å². The Morgan fingerprint density at radius 2 is 1.74 bits per heavy atom. The van der Waals surface area contributed by atoms with E-state index in [2.05, 4.69) is 26.1 Å². The van der Waals surface area contributed by atoms with Crippen molar-refractivity contribution in [1.29, 1.82) is 0 Å². The zero-order chi connectivity index (χ0) is 20.0. The van der Waals surface area contributed by atoms with Crippen LogP contribution in [0.2, 0.25) is 0 Å². The Morgan fingerprint density at radius 3 is 2.33 bits per heavy atom. The van der Waals surface area contributed by atoms with E-state index in [0.717, 1.165) is 4.90 Å². The van der Waals surface area contributed by atoms with Crippen LogP contribution in [-0.2, 0) is 15.0 Å². The van der Waals surface area contributed by atoms with Crippen LogP contribution in [-0.4, -0.2) is 23.7 Å². The first-order valence-corrected chi connectivity index (χ1v) is 9.73. The molecule has 2 amide bonds. The van der Waals surface area contributed by atoms with E-state index in [1.54, 1.807) is 13.0 Å². The molecule has 6 heteroatoms. The molecule has 0 bridgehead atoms. The highest BCUT2D eigenvalue weighted by atomic mass is 32.2. The Morgan fingerprint density at radius 1 is 1.11 bits per heavy atom. The van der Waals surface area contributed by atoms with E-state index in [1.807, 2.05) is 42.5 Å². The molecule has 2 aromatic rings. The van der Waals surface area contributed by atoms with Gasteiger partial charge in [-0.25, -0.2) is 0 Å². The summed E-state index contributed by atoms with van der Waals surface area (Å²) < 4.78 is 5.76. The SMILES string of the molecule is CC(Oc1ccc(C(C)(C)C)cc1)C(=O)Nc1ccccc1SCC(N)=O. The number of benzene rings is 2. The molecule has 0 aliphatic heterocycles. The Balaban J connectivity index is 2.01. The number of nitrogens with one attached hydrogen (secondary N) is 1. The van der Waals surface area contributed by atoms with Crippen LogP contribution >= 0.6 is 11.8 Å². The number of nitrogens with two attached hydrogens (primary N) is 1. The lowest BCUT2D eigenvalue weighted by atomic mass is 9.87. The van der Waals surface area contributed by atoms with Crippen molar-refractivity contribution in [3.63, 3.8) is 0 Å². The summed E-state index contributed by atoms with van der Waals surface area (Å²) in [4.78, 5) is 24.3. The third-order valence-corrected chi connectivity index (χ3v) is 5.01. The maximum absolute atomic E-state index is 12.5. The summed E-state index contributed by atoms with van der Waals surface area (Å²) in [5.41, 5.74) is 7.09. The van der Waals surface area contributed by atoms with E-state index < -0.39 is 12.0 Å². The largest absolute Gasteiger partial charge is 0.481 e. The molecule has 3 N–H and O–H groups in total. The molecule has 0 heterocycles. The van der Waals surface area contributed by atoms with Gasteiger partial charge in [-0.2, -0.15) is 0 Å². The number of para-hydroxylation sites is 1. The highest BCUT2D eigenvalue weighted by molar-refractivity contribution is 8.00. The minimum atomic E-state index is -0.667. The smallest absolute Gasteiger partial charge is 0.265 e. The molecule has 0 aromatic heterocycles. The summed E-state index contributed by atoms with van der Waals surface area (Å²) in [7, 11) is 0. The van der Waals surface area contributed by atoms with Crippen LogP contribution in [0.3, 0.4) is 0 Å². The molecule has 0 radical (unpaired) electrons. The summed E-state index contributed by atoms with van der Waals surface area (Å²) in [6.45, 7) is 8.14. The standard InChI is InChI=1S/C21H26N2O3S/c1-14(26-16-11-9-15(10-12-16)21(2,3)4)20(25)23-17-7-5-6-8-18(17)27-13-19(22)24/h5-12,14H,13H2,1-4H3,(H2,22,24)(H,23,25). The fraction of sp³-hybridized carbons (Fsp3) is 0.333. The number of hydrogen-bond donors (Lipinski definition) is 2. The minimum absolute atomic E-state index is 0.0633. The van der Waals surface area contributed by atoms with Crippen LogP contribution in [0.25, 0.3) is 0 Å². The van der Waals surface area contributed by atoms with Gasteiger partial charge in [0.05, 0.1) is 11.4 Å². The summed E-state index contributed by atoms with van der Waals surface area (Å²) in [5.74, 6) is 0.125. The third kappa shape index (κ3) is 6.32. The lowest BCUT2D eigenvalue weighted by molar-refractivity contribution is -0.122. The van der Waals surface area contributed by atoms with E-state index in [0.29, 0.717) is 11.4 Å². The first-order chi connectivity index (χ1) is 12.7. The van der Waals surface area contributed by atoms with Gasteiger partial charge in [0.1, 0.15) is 5.75 Å². The van der Waals surface area contributed by atoms with Crippen molar-refractivity contribution in [1.82, 2.24) is 0 Å². The van der Waals surface area contributed by atoms with Crippen molar-refractivity contribution in [2.24, 2.45) is 5.73 Å². The average molecular weight is 387 g/mol. The zero-order valence-corrected chi connectivity index (χ0v) is 16.9. The number of carbonyl (C=O) groups is 2. The maximum Gasteiger partial charge on any atom is 0.265 e. The molecule has 5 nitrogen and oxygen atoms in total. The molecule has 2 aromatic carbocycles. The van der Waals surface area contributed by atoms with Crippen LogP contribution < -0.4 is 15.8 Å². The summed E-state index contributed by atoms with van der Waals surface area (Å²) in [6, 6.07) is 15.1. The van der Waals surface area contributed by atoms with Gasteiger partial charge in [-0.15, -0.1) is 11.8 Å². The lowest BCUT2D eigenvalue weighted by Gasteiger charge is -2.20.